The molecule has 2 fully saturated rings. The molecule has 1 N–H and O–H groups in total. The van der Waals surface area contributed by atoms with E-state index in [-0.39, 0.29) is 5.54 Å². The molecular weight excluding hydrogens is 234 g/mol. The maximum Gasteiger partial charge on any atom is 0.0113 e. The van der Waals surface area contributed by atoms with Crippen molar-refractivity contribution in [2.24, 2.45) is 5.92 Å². The van der Waals surface area contributed by atoms with Crippen LogP contribution < -0.4 is 5.32 Å². The van der Waals surface area contributed by atoms with Crippen LogP contribution in [0, 0.1) is 5.92 Å². The van der Waals surface area contributed by atoms with Crippen LogP contribution in [0.15, 0.2) is 0 Å². The van der Waals surface area contributed by atoms with E-state index in [4.69, 9.17) is 0 Å². The summed E-state index contributed by atoms with van der Waals surface area (Å²) >= 11 is 0. The van der Waals surface area contributed by atoms with E-state index in [0.29, 0.717) is 0 Å². The summed E-state index contributed by atoms with van der Waals surface area (Å²) in [6.45, 7) is 13.1. The Morgan fingerprint density at radius 3 is 2.05 bits per heavy atom. The van der Waals surface area contributed by atoms with Crippen molar-refractivity contribution >= 4 is 0 Å². The second kappa shape index (κ2) is 6.55. The first kappa shape index (κ1) is 15.3. The summed E-state index contributed by atoms with van der Waals surface area (Å²) in [6, 6.07) is 0.875. The maximum absolute atomic E-state index is 3.67. The van der Waals surface area contributed by atoms with Crippen molar-refractivity contribution in [3.05, 3.63) is 0 Å². The molecule has 0 radical (unpaired) electrons. The molecule has 112 valence electrons. The van der Waals surface area contributed by atoms with Crippen LogP contribution in [-0.2, 0) is 0 Å². The van der Waals surface area contributed by atoms with E-state index in [1.807, 2.05) is 0 Å². The largest absolute Gasteiger partial charge is 0.312 e. The highest BCUT2D eigenvalue weighted by molar-refractivity contribution is 4.84. The number of piperazine rings is 1. The normalized spacial score (nSPS) is 31.6. The third-order valence-electron chi connectivity index (χ3n) is 4.79. The van der Waals surface area contributed by atoms with E-state index in [2.05, 4.69) is 42.9 Å². The lowest BCUT2D eigenvalue weighted by Gasteiger charge is -2.41. The summed E-state index contributed by atoms with van der Waals surface area (Å²) < 4.78 is 0. The lowest BCUT2D eigenvalue weighted by molar-refractivity contribution is 0.0804. The fourth-order valence-corrected chi connectivity index (χ4v) is 3.35. The van der Waals surface area contributed by atoms with E-state index >= 15 is 0 Å². The molecule has 1 saturated heterocycles. The summed E-state index contributed by atoms with van der Waals surface area (Å²) in [4.78, 5) is 5.20. The van der Waals surface area contributed by atoms with Crippen molar-refractivity contribution in [1.82, 2.24) is 15.1 Å². The van der Waals surface area contributed by atoms with Crippen LogP contribution >= 0.6 is 0 Å². The molecule has 2 aliphatic rings. The highest BCUT2D eigenvalue weighted by atomic mass is 15.3. The molecule has 1 saturated carbocycles. The van der Waals surface area contributed by atoms with E-state index in [0.717, 1.165) is 12.0 Å². The van der Waals surface area contributed by atoms with Crippen molar-refractivity contribution in [3.8, 4) is 0 Å². The molecule has 0 spiro atoms. The fourth-order valence-electron chi connectivity index (χ4n) is 3.35. The Morgan fingerprint density at radius 2 is 1.53 bits per heavy atom. The summed E-state index contributed by atoms with van der Waals surface area (Å²) in [7, 11) is 2.24. The number of hydrogen-bond acceptors (Lipinski definition) is 3. The van der Waals surface area contributed by atoms with E-state index in [9.17, 15) is 0 Å². The maximum atomic E-state index is 3.67. The van der Waals surface area contributed by atoms with Gasteiger partial charge in [0, 0.05) is 37.8 Å². The summed E-state index contributed by atoms with van der Waals surface area (Å²) in [6.07, 6.45) is 5.67. The minimum Gasteiger partial charge on any atom is -0.312 e. The van der Waals surface area contributed by atoms with Gasteiger partial charge in [-0.2, -0.15) is 0 Å². The third-order valence-corrected chi connectivity index (χ3v) is 4.79. The molecule has 0 aromatic rings. The van der Waals surface area contributed by atoms with Crippen LogP contribution in [0.25, 0.3) is 0 Å². The summed E-state index contributed by atoms with van der Waals surface area (Å²) in [5, 5.41) is 3.67. The SMILES string of the molecule is CN1CCN(C2CCC(CNC(C)(C)C)CC2)CC1. The van der Waals surface area contributed by atoms with Gasteiger partial charge in [0.05, 0.1) is 0 Å². The van der Waals surface area contributed by atoms with Gasteiger partial charge in [-0.25, -0.2) is 0 Å². The zero-order valence-corrected chi connectivity index (χ0v) is 13.4. The standard InChI is InChI=1S/C16H33N3/c1-16(2,3)17-13-14-5-7-15(8-6-14)19-11-9-18(4)10-12-19/h14-15,17H,5-13H2,1-4H3. The van der Waals surface area contributed by atoms with Gasteiger partial charge in [0.25, 0.3) is 0 Å². The minimum absolute atomic E-state index is 0.272. The Balaban J connectivity index is 1.67. The third kappa shape index (κ3) is 5.05. The van der Waals surface area contributed by atoms with Gasteiger partial charge in [0.1, 0.15) is 0 Å². The fraction of sp³-hybridized carbons (Fsp3) is 1.00. The van der Waals surface area contributed by atoms with Gasteiger partial charge in [0.2, 0.25) is 0 Å². The van der Waals surface area contributed by atoms with Gasteiger partial charge in [-0.1, -0.05) is 0 Å². The van der Waals surface area contributed by atoms with Crippen molar-refractivity contribution in [1.29, 1.82) is 0 Å². The first-order valence-electron chi connectivity index (χ1n) is 8.12. The highest BCUT2D eigenvalue weighted by Gasteiger charge is 2.27. The zero-order valence-electron chi connectivity index (χ0n) is 13.4. The van der Waals surface area contributed by atoms with Crippen LogP contribution in [-0.4, -0.2) is 61.2 Å². The number of nitrogens with one attached hydrogen (secondary N) is 1. The Morgan fingerprint density at radius 1 is 0.947 bits per heavy atom. The molecule has 0 atom stereocenters. The molecule has 3 nitrogen and oxygen atoms in total. The van der Waals surface area contributed by atoms with Crippen molar-refractivity contribution < 1.29 is 0 Å². The molecule has 0 amide bonds. The van der Waals surface area contributed by atoms with Crippen LogP contribution in [0.3, 0.4) is 0 Å². The van der Waals surface area contributed by atoms with Gasteiger partial charge < -0.3 is 10.2 Å². The van der Waals surface area contributed by atoms with Crippen LogP contribution in [0.5, 0.6) is 0 Å². The van der Waals surface area contributed by atoms with E-state index in [1.165, 1.54) is 58.4 Å². The molecule has 1 aliphatic carbocycles. The van der Waals surface area contributed by atoms with E-state index in [1.54, 1.807) is 0 Å². The predicted molar refractivity (Wildman–Crippen MR) is 82.6 cm³/mol. The molecule has 0 aromatic carbocycles. The summed E-state index contributed by atoms with van der Waals surface area (Å²) in [5.41, 5.74) is 0.272. The Labute approximate surface area is 119 Å². The van der Waals surface area contributed by atoms with Gasteiger partial charge >= 0.3 is 0 Å². The predicted octanol–water partition coefficient (Wildman–Crippen LogP) is 2.18. The molecule has 0 bridgehead atoms. The molecule has 0 aromatic heterocycles. The minimum atomic E-state index is 0.272. The van der Waals surface area contributed by atoms with E-state index < -0.39 is 0 Å². The smallest absolute Gasteiger partial charge is 0.0113 e. The average molecular weight is 267 g/mol. The lowest BCUT2D eigenvalue weighted by atomic mass is 9.84. The molecule has 3 heteroatoms. The highest BCUT2D eigenvalue weighted by Crippen LogP contribution is 2.28. The molecule has 1 aliphatic heterocycles. The van der Waals surface area contributed by atoms with Gasteiger partial charge in [0.15, 0.2) is 0 Å². The molecule has 2 rings (SSSR count). The molecule has 1 heterocycles. The van der Waals surface area contributed by atoms with Crippen LogP contribution in [0.4, 0.5) is 0 Å². The Bertz CT molecular complexity index is 256. The number of hydrogen-bond donors (Lipinski definition) is 1. The van der Waals surface area contributed by atoms with Crippen molar-refractivity contribution in [2.75, 3.05) is 39.8 Å². The number of rotatable bonds is 3. The van der Waals surface area contributed by atoms with Crippen LogP contribution in [0.2, 0.25) is 0 Å². The Hall–Kier alpha value is -0.120. The first-order valence-corrected chi connectivity index (χ1v) is 8.12. The Kier molecular flexibility index (Phi) is 5.27. The summed E-state index contributed by atoms with van der Waals surface area (Å²) in [5.74, 6) is 0.905. The van der Waals surface area contributed by atoms with Gasteiger partial charge in [-0.05, 0) is 66.0 Å². The molecule has 19 heavy (non-hydrogen) atoms. The number of likely N-dealkylation sites (N-methyl/N-ethyl adjacent to an activating group) is 1. The molecular formula is C16H33N3. The van der Waals surface area contributed by atoms with Crippen LogP contribution in [0.1, 0.15) is 46.5 Å². The molecule has 0 unspecified atom stereocenters. The quantitative estimate of drug-likeness (QED) is 0.845. The lowest BCUT2D eigenvalue weighted by Crippen LogP contribution is -2.50. The monoisotopic (exact) mass is 267 g/mol. The first-order chi connectivity index (χ1) is 8.94. The topological polar surface area (TPSA) is 18.5 Å². The second-order valence-electron chi connectivity index (χ2n) is 7.64. The van der Waals surface area contributed by atoms with Gasteiger partial charge in [-0.15, -0.1) is 0 Å². The second-order valence-corrected chi connectivity index (χ2v) is 7.64. The number of nitrogens with zero attached hydrogens (tertiary/aromatic N) is 2. The van der Waals surface area contributed by atoms with Crippen molar-refractivity contribution in [3.63, 3.8) is 0 Å². The zero-order chi connectivity index (χ0) is 13.9. The van der Waals surface area contributed by atoms with Gasteiger partial charge in [-0.3, -0.25) is 4.90 Å². The average Bonchev–Trinajstić information content (AvgIpc) is 2.37. The van der Waals surface area contributed by atoms with Crippen molar-refractivity contribution in [2.45, 2.75) is 58.0 Å².